The molecule has 0 aromatic carbocycles. The Labute approximate surface area is 94.1 Å². The number of carboxylic acid groups (broad SMARTS) is 1. The molecule has 1 atom stereocenters. The molecule has 1 heterocycles. The summed E-state index contributed by atoms with van der Waals surface area (Å²) in [6, 6.07) is 1.61. The van der Waals surface area contributed by atoms with Crippen molar-refractivity contribution in [2.24, 2.45) is 0 Å². The Balaban J connectivity index is 2.53. The van der Waals surface area contributed by atoms with Crippen molar-refractivity contribution in [1.82, 2.24) is 9.88 Å². The average molecular weight is 224 g/mol. The number of aromatic carboxylic acids is 1. The molecular formula is C11H16N2O3. The lowest BCUT2D eigenvalue weighted by atomic mass is 10.2. The SMILES string of the molecule is CC[C@@H](C)NC(=O)Cn1ccc(C(=O)O)c1. The largest absolute Gasteiger partial charge is 0.478 e. The summed E-state index contributed by atoms with van der Waals surface area (Å²) in [5, 5.41) is 11.5. The second-order valence-electron chi connectivity index (χ2n) is 3.75. The van der Waals surface area contributed by atoms with Gasteiger partial charge in [0.2, 0.25) is 5.91 Å². The highest BCUT2D eigenvalue weighted by molar-refractivity contribution is 5.87. The first-order valence-electron chi connectivity index (χ1n) is 5.21. The summed E-state index contributed by atoms with van der Waals surface area (Å²) in [5.41, 5.74) is 0.191. The number of carboxylic acids is 1. The Bertz CT molecular complexity index is 384. The fraction of sp³-hybridized carbons (Fsp3) is 0.455. The van der Waals surface area contributed by atoms with Gasteiger partial charge in [-0.15, -0.1) is 0 Å². The highest BCUT2D eigenvalue weighted by Gasteiger charge is 2.08. The summed E-state index contributed by atoms with van der Waals surface area (Å²) in [4.78, 5) is 22.1. The molecular weight excluding hydrogens is 208 g/mol. The van der Waals surface area contributed by atoms with Crippen LogP contribution in [0.2, 0.25) is 0 Å². The molecule has 1 aromatic heterocycles. The van der Waals surface area contributed by atoms with E-state index in [-0.39, 0.29) is 24.1 Å². The minimum atomic E-state index is -0.985. The summed E-state index contributed by atoms with van der Waals surface area (Å²) in [6.07, 6.45) is 3.90. The van der Waals surface area contributed by atoms with E-state index >= 15 is 0 Å². The van der Waals surface area contributed by atoms with Gasteiger partial charge in [-0.2, -0.15) is 0 Å². The predicted molar refractivity (Wildman–Crippen MR) is 59.3 cm³/mol. The third kappa shape index (κ3) is 3.42. The maximum absolute atomic E-state index is 11.5. The van der Waals surface area contributed by atoms with Gasteiger partial charge in [-0.1, -0.05) is 6.92 Å². The van der Waals surface area contributed by atoms with E-state index in [0.29, 0.717) is 0 Å². The third-order valence-electron chi connectivity index (χ3n) is 2.34. The number of rotatable bonds is 5. The molecule has 88 valence electrons. The Kier molecular flexibility index (Phi) is 4.10. The fourth-order valence-electron chi connectivity index (χ4n) is 1.25. The van der Waals surface area contributed by atoms with Gasteiger partial charge in [-0.25, -0.2) is 4.79 Å². The van der Waals surface area contributed by atoms with E-state index in [0.717, 1.165) is 6.42 Å². The Hall–Kier alpha value is -1.78. The van der Waals surface area contributed by atoms with E-state index in [4.69, 9.17) is 5.11 Å². The van der Waals surface area contributed by atoms with Crippen molar-refractivity contribution in [2.75, 3.05) is 0 Å². The molecule has 0 aliphatic carbocycles. The molecule has 0 unspecified atom stereocenters. The van der Waals surface area contributed by atoms with Crippen LogP contribution < -0.4 is 5.32 Å². The summed E-state index contributed by atoms with van der Waals surface area (Å²) < 4.78 is 1.56. The molecule has 5 nitrogen and oxygen atoms in total. The second-order valence-corrected chi connectivity index (χ2v) is 3.75. The molecule has 1 amide bonds. The molecule has 1 aromatic rings. The highest BCUT2D eigenvalue weighted by Crippen LogP contribution is 2.01. The van der Waals surface area contributed by atoms with Gasteiger partial charge in [0.1, 0.15) is 6.54 Å². The molecule has 0 bridgehead atoms. The Morgan fingerprint density at radius 2 is 2.25 bits per heavy atom. The first kappa shape index (κ1) is 12.3. The van der Waals surface area contributed by atoms with Crippen molar-refractivity contribution in [3.63, 3.8) is 0 Å². The molecule has 0 radical (unpaired) electrons. The molecule has 0 saturated heterocycles. The summed E-state index contributed by atoms with van der Waals surface area (Å²) in [6.45, 7) is 4.07. The van der Waals surface area contributed by atoms with Gasteiger partial charge in [0.15, 0.2) is 0 Å². The van der Waals surface area contributed by atoms with Crippen molar-refractivity contribution in [2.45, 2.75) is 32.9 Å². The number of nitrogens with one attached hydrogen (secondary N) is 1. The van der Waals surface area contributed by atoms with Crippen LogP contribution in [0.4, 0.5) is 0 Å². The van der Waals surface area contributed by atoms with E-state index in [2.05, 4.69) is 5.32 Å². The zero-order valence-corrected chi connectivity index (χ0v) is 9.43. The van der Waals surface area contributed by atoms with Gasteiger partial charge in [0.25, 0.3) is 0 Å². The van der Waals surface area contributed by atoms with Crippen LogP contribution in [-0.4, -0.2) is 27.6 Å². The van der Waals surface area contributed by atoms with Crippen LogP contribution in [0.5, 0.6) is 0 Å². The average Bonchev–Trinajstić information content (AvgIpc) is 2.65. The van der Waals surface area contributed by atoms with Crippen LogP contribution >= 0.6 is 0 Å². The van der Waals surface area contributed by atoms with Crippen LogP contribution in [0.3, 0.4) is 0 Å². The zero-order chi connectivity index (χ0) is 12.1. The van der Waals surface area contributed by atoms with Crippen LogP contribution in [0, 0.1) is 0 Å². The predicted octanol–water partition coefficient (Wildman–Crippen LogP) is 1.10. The molecule has 0 spiro atoms. The van der Waals surface area contributed by atoms with Crippen molar-refractivity contribution in [3.8, 4) is 0 Å². The Morgan fingerprint density at radius 3 is 2.75 bits per heavy atom. The molecule has 0 aliphatic rings. The van der Waals surface area contributed by atoms with Gasteiger partial charge in [-0.3, -0.25) is 4.79 Å². The molecule has 0 aliphatic heterocycles. The number of amides is 1. The molecule has 16 heavy (non-hydrogen) atoms. The first-order valence-corrected chi connectivity index (χ1v) is 5.21. The smallest absolute Gasteiger partial charge is 0.337 e. The van der Waals surface area contributed by atoms with Gasteiger partial charge >= 0.3 is 5.97 Å². The first-order chi connectivity index (χ1) is 7.52. The van der Waals surface area contributed by atoms with Crippen molar-refractivity contribution in [3.05, 3.63) is 24.0 Å². The highest BCUT2D eigenvalue weighted by atomic mass is 16.4. The number of nitrogens with zero attached hydrogens (tertiary/aromatic N) is 1. The molecule has 0 saturated carbocycles. The summed E-state index contributed by atoms with van der Waals surface area (Å²) in [7, 11) is 0. The number of carbonyl (C=O) groups excluding carboxylic acids is 1. The van der Waals surface area contributed by atoms with E-state index in [1.54, 1.807) is 10.8 Å². The lowest BCUT2D eigenvalue weighted by Crippen LogP contribution is -2.34. The summed E-state index contributed by atoms with van der Waals surface area (Å²) >= 11 is 0. The van der Waals surface area contributed by atoms with Gasteiger partial charge < -0.3 is 15.0 Å². The third-order valence-corrected chi connectivity index (χ3v) is 2.34. The summed E-state index contributed by atoms with van der Waals surface area (Å²) in [5.74, 6) is -1.09. The number of hydrogen-bond donors (Lipinski definition) is 2. The fourth-order valence-corrected chi connectivity index (χ4v) is 1.25. The van der Waals surface area contributed by atoms with Crippen molar-refractivity contribution in [1.29, 1.82) is 0 Å². The lowest BCUT2D eigenvalue weighted by molar-refractivity contribution is -0.122. The van der Waals surface area contributed by atoms with Crippen LogP contribution in [-0.2, 0) is 11.3 Å². The molecule has 5 heteroatoms. The number of hydrogen-bond acceptors (Lipinski definition) is 2. The van der Waals surface area contributed by atoms with Crippen molar-refractivity contribution < 1.29 is 14.7 Å². The van der Waals surface area contributed by atoms with Crippen LogP contribution in [0.1, 0.15) is 30.6 Å². The standard InChI is InChI=1S/C11H16N2O3/c1-3-8(2)12-10(14)7-13-5-4-9(6-13)11(15)16/h4-6,8H,3,7H2,1-2H3,(H,12,14)(H,15,16)/t8-/m1/s1. The van der Waals surface area contributed by atoms with E-state index in [9.17, 15) is 9.59 Å². The second kappa shape index (κ2) is 5.34. The van der Waals surface area contributed by atoms with Gasteiger partial charge in [0.05, 0.1) is 5.56 Å². The maximum atomic E-state index is 11.5. The Morgan fingerprint density at radius 1 is 1.56 bits per heavy atom. The van der Waals surface area contributed by atoms with E-state index in [1.165, 1.54) is 12.3 Å². The topological polar surface area (TPSA) is 71.3 Å². The number of aromatic nitrogens is 1. The maximum Gasteiger partial charge on any atom is 0.337 e. The lowest BCUT2D eigenvalue weighted by Gasteiger charge is -2.11. The quantitative estimate of drug-likeness (QED) is 0.786. The normalized spacial score (nSPS) is 12.1. The van der Waals surface area contributed by atoms with E-state index in [1.807, 2.05) is 13.8 Å². The van der Waals surface area contributed by atoms with Crippen molar-refractivity contribution >= 4 is 11.9 Å². The monoisotopic (exact) mass is 224 g/mol. The van der Waals surface area contributed by atoms with Crippen LogP contribution in [0.15, 0.2) is 18.5 Å². The number of carbonyl (C=O) groups is 2. The van der Waals surface area contributed by atoms with Gasteiger partial charge in [0, 0.05) is 18.4 Å². The van der Waals surface area contributed by atoms with Crippen LogP contribution in [0.25, 0.3) is 0 Å². The zero-order valence-electron chi connectivity index (χ0n) is 9.43. The van der Waals surface area contributed by atoms with Gasteiger partial charge in [-0.05, 0) is 19.4 Å². The minimum Gasteiger partial charge on any atom is -0.478 e. The molecule has 0 fully saturated rings. The minimum absolute atomic E-state index is 0.109. The van der Waals surface area contributed by atoms with E-state index < -0.39 is 5.97 Å². The molecule has 2 N–H and O–H groups in total. The molecule has 1 rings (SSSR count).